The van der Waals surface area contributed by atoms with Gasteiger partial charge in [0.05, 0.1) is 18.9 Å². The maximum atomic E-state index is 12.5. The first-order valence-electron chi connectivity index (χ1n) is 9.21. The van der Waals surface area contributed by atoms with Gasteiger partial charge in [0, 0.05) is 11.3 Å². The molecular formula is C20H22N4O2S2. The fraction of sp³-hybridized carbons (Fsp3) is 0.350. The number of carbonyl (C=O) groups excluding carboxylic acids is 1. The normalized spacial score (nSPS) is 14.6. The smallest absolute Gasteiger partial charge is 0.230 e. The SMILES string of the molecule is COc1ccc(C(NC(=O)CSc2n[nH]c(Cc3cccs3)n2)C2CC2)cc1. The van der Waals surface area contributed by atoms with Gasteiger partial charge in [0.2, 0.25) is 11.1 Å². The highest BCUT2D eigenvalue weighted by atomic mass is 32.2. The Hall–Kier alpha value is -2.32. The number of amides is 1. The number of nitrogens with zero attached hydrogens (tertiary/aromatic N) is 2. The van der Waals surface area contributed by atoms with Crippen molar-refractivity contribution in [2.24, 2.45) is 5.92 Å². The molecule has 0 bridgehead atoms. The molecule has 1 aromatic carbocycles. The second kappa shape index (κ2) is 8.79. The van der Waals surface area contributed by atoms with Crippen LogP contribution in [0.2, 0.25) is 0 Å². The van der Waals surface area contributed by atoms with E-state index in [1.54, 1.807) is 18.4 Å². The van der Waals surface area contributed by atoms with Crippen molar-refractivity contribution in [3.8, 4) is 5.75 Å². The molecule has 2 N–H and O–H groups in total. The summed E-state index contributed by atoms with van der Waals surface area (Å²) in [6.45, 7) is 0. The topological polar surface area (TPSA) is 79.9 Å². The summed E-state index contributed by atoms with van der Waals surface area (Å²) in [6.07, 6.45) is 3.03. The van der Waals surface area contributed by atoms with Crippen LogP contribution in [-0.2, 0) is 11.2 Å². The van der Waals surface area contributed by atoms with E-state index in [2.05, 4.69) is 26.6 Å². The third kappa shape index (κ3) is 4.94. The van der Waals surface area contributed by atoms with E-state index in [0.29, 0.717) is 16.8 Å². The number of carbonyl (C=O) groups is 1. The minimum Gasteiger partial charge on any atom is -0.497 e. The first-order chi connectivity index (χ1) is 13.7. The number of ether oxygens (including phenoxy) is 1. The van der Waals surface area contributed by atoms with E-state index in [1.165, 1.54) is 16.6 Å². The van der Waals surface area contributed by atoms with Crippen LogP contribution in [0, 0.1) is 5.92 Å². The molecule has 3 aromatic rings. The number of thioether (sulfide) groups is 1. The van der Waals surface area contributed by atoms with Crippen molar-refractivity contribution in [2.45, 2.75) is 30.5 Å². The highest BCUT2D eigenvalue weighted by Gasteiger charge is 2.33. The van der Waals surface area contributed by atoms with Crippen molar-refractivity contribution < 1.29 is 9.53 Å². The van der Waals surface area contributed by atoms with E-state index in [9.17, 15) is 4.79 Å². The van der Waals surface area contributed by atoms with Crippen LogP contribution in [0.1, 0.15) is 35.1 Å². The van der Waals surface area contributed by atoms with E-state index in [4.69, 9.17) is 4.74 Å². The van der Waals surface area contributed by atoms with Crippen LogP contribution in [0.3, 0.4) is 0 Å². The van der Waals surface area contributed by atoms with Crippen molar-refractivity contribution >= 4 is 29.0 Å². The quantitative estimate of drug-likeness (QED) is 0.520. The number of rotatable bonds is 9. The van der Waals surface area contributed by atoms with Gasteiger partial charge < -0.3 is 10.1 Å². The molecule has 2 heterocycles. The summed E-state index contributed by atoms with van der Waals surface area (Å²) in [5, 5.41) is 13.0. The predicted octanol–water partition coefficient (Wildman–Crippen LogP) is 3.83. The molecule has 1 atom stereocenters. The predicted molar refractivity (Wildman–Crippen MR) is 111 cm³/mol. The fourth-order valence-corrected chi connectivity index (χ4v) is 4.40. The lowest BCUT2D eigenvalue weighted by Crippen LogP contribution is -2.31. The third-order valence-corrected chi connectivity index (χ3v) is 6.37. The van der Waals surface area contributed by atoms with E-state index < -0.39 is 0 Å². The van der Waals surface area contributed by atoms with Gasteiger partial charge in [0.1, 0.15) is 11.6 Å². The highest BCUT2D eigenvalue weighted by Crippen LogP contribution is 2.41. The summed E-state index contributed by atoms with van der Waals surface area (Å²) in [4.78, 5) is 18.2. The van der Waals surface area contributed by atoms with Crippen molar-refractivity contribution in [3.05, 3.63) is 58.0 Å². The van der Waals surface area contributed by atoms with Gasteiger partial charge in [0.25, 0.3) is 0 Å². The largest absolute Gasteiger partial charge is 0.497 e. The number of aromatic amines is 1. The molecule has 8 heteroatoms. The van der Waals surface area contributed by atoms with Gasteiger partial charge in [-0.05, 0) is 47.9 Å². The molecule has 1 saturated carbocycles. The van der Waals surface area contributed by atoms with Gasteiger partial charge in [0.15, 0.2) is 0 Å². The van der Waals surface area contributed by atoms with Crippen molar-refractivity contribution in [2.75, 3.05) is 12.9 Å². The molecule has 4 rings (SSSR count). The summed E-state index contributed by atoms with van der Waals surface area (Å²) in [5.74, 6) is 2.46. The number of aromatic nitrogens is 3. The van der Waals surface area contributed by atoms with Gasteiger partial charge in [-0.15, -0.1) is 16.4 Å². The Kier molecular flexibility index (Phi) is 5.97. The summed E-state index contributed by atoms with van der Waals surface area (Å²) >= 11 is 3.05. The van der Waals surface area contributed by atoms with Gasteiger partial charge >= 0.3 is 0 Å². The van der Waals surface area contributed by atoms with Crippen LogP contribution in [0.25, 0.3) is 0 Å². The lowest BCUT2D eigenvalue weighted by Gasteiger charge is -2.19. The average molecular weight is 415 g/mol. The first kappa shape index (κ1) is 19.0. The average Bonchev–Trinajstić information content (AvgIpc) is 3.24. The minimum atomic E-state index is 0.00215. The van der Waals surface area contributed by atoms with E-state index in [-0.39, 0.29) is 11.9 Å². The third-order valence-electron chi connectivity index (χ3n) is 4.65. The first-order valence-corrected chi connectivity index (χ1v) is 11.1. The molecule has 1 fully saturated rings. The maximum Gasteiger partial charge on any atom is 0.230 e. The fourth-order valence-electron chi connectivity index (χ4n) is 3.06. The van der Waals surface area contributed by atoms with Crippen LogP contribution >= 0.6 is 23.1 Å². The zero-order chi connectivity index (χ0) is 19.3. The molecule has 0 spiro atoms. The van der Waals surface area contributed by atoms with Crippen LogP contribution in [0.5, 0.6) is 5.75 Å². The van der Waals surface area contributed by atoms with Gasteiger partial charge in [-0.25, -0.2) is 4.98 Å². The standard InChI is InChI=1S/C20H22N4O2S2/c1-26-15-8-6-14(7-9-15)19(13-4-5-13)22-18(25)12-28-20-21-17(23-24-20)11-16-3-2-10-27-16/h2-3,6-10,13,19H,4-5,11-12H2,1H3,(H,22,25)(H,21,23,24). The lowest BCUT2D eigenvalue weighted by molar-refractivity contribution is -0.119. The van der Waals surface area contributed by atoms with Gasteiger partial charge in [-0.2, -0.15) is 0 Å². The zero-order valence-corrected chi connectivity index (χ0v) is 17.2. The molecule has 0 aliphatic heterocycles. The molecule has 1 aliphatic rings. The van der Waals surface area contributed by atoms with E-state index >= 15 is 0 Å². The van der Waals surface area contributed by atoms with E-state index in [0.717, 1.165) is 36.4 Å². The zero-order valence-electron chi connectivity index (χ0n) is 15.6. The Bertz CT molecular complexity index is 905. The molecule has 146 valence electrons. The Morgan fingerprint density at radius 1 is 1.36 bits per heavy atom. The number of hydrogen-bond acceptors (Lipinski definition) is 6. The maximum absolute atomic E-state index is 12.5. The second-order valence-corrected chi connectivity index (χ2v) is 8.74. The van der Waals surface area contributed by atoms with Crippen LogP contribution in [-0.4, -0.2) is 34.0 Å². The summed E-state index contributed by atoms with van der Waals surface area (Å²) in [5.41, 5.74) is 1.12. The lowest BCUT2D eigenvalue weighted by atomic mass is 10.0. The molecule has 0 saturated heterocycles. The molecule has 6 nitrogen and oxygen atoms in total. The Morgan fingerprint density at radius 2 is 2.18 bits per heavy atom. The second-order valence-electron chi connectivity index (χ2n) is 6.77. The van der Waals surface area contributed by atoms with Crippen molar-refractivity contribution in [1.29, 1.82) is 0 Å². The Labute approximate surface area is 172 Å². The van der Waals surface area contributed by atoms with Crippen molar-refractivity contribution in [1.82, 2.24) is 20.5 Å². The molecule has 0 radical (unpaired) electrons. The number of H-pyrrole nitrogens is 1. The monoisotopic (exact) mass is 414 g/mol. The Balaban J connectivity index is 1.31. The number of nitrogens with one attached hydrogen (secondary N) is 2. The summed E-state index contributed by atoms with van der Waals surface area (Å²) in [7, 11) is 1.65. The molecular weight excluding hydrogens is 392 g/mol. The van der Waals surface area contributed by atoms with Crippen LogP contribution in [0.15, 0.2) is 46.9 Å². The number of hydrogen-bond donors (Lipinski definition) is 2. The highest BCUT2D eigenvalue weighted by molar-refractivity contribution is 7.99. The molecule has 1 aliphatic carbocycles. The molecule has 1 unspecified atom stereocenters. The van der Waals surface area contributed by atoms with Gasteiger partial charge in [-0.3, -0.25) is 9.89 Å². The van der Waals surface area contributed by atoms with Crippen LogP contribution < -0.4 is 10.1 Å². The number of thiophene rings is 1. The van der Waals surface area contributed by atoms with Crippen molar-refractivity contribution in [3.63, 3.8) is 0 Å². The summed E-state index contributed by atoms with van der Waals surface area (Å²) < 4.78 is 5.22. The number of methoxy groups -OCH3 is 1. The van der Waals surface area contributed by atoms with Crippen LogP contribution in [0.4, 0.5) is 0 Å². The summed E-state index contributed by atoms with van der Waals surface area (Å²) in [6, 6.07) is 12.1. The molecule has 2 aromatic heterocycles. The number of benzene rings is 1. The minimum absolute atomic E-state index is 0.00215. The molecule has 1 amide bonds. The molecule has 28 heavy (non-hydrogen) atoms. The van der Waals surface area contributed by atoms with Gasteiger partial charge in [-0.1, -0.05) is 30.0 Å². The Morgan fingerprint density at radius 3 is 2.86 bits per heavy atom. The van der Waals surface area contributed by atoms with E-state index in [1.807, 2.05) is 35.7 Å².